The van der Waals surface area contributed by atoms with Crippen LogP contribution in [0.3, 0.4) is 0 Å². The van der Waals surface area contributed by atoms with Crippen molar-refractivity contribution in [3.63, 3.8) is 0 Å². The van der Waals surface area contributed by atoms with Crippen molar-refractivity contribution < 1.29 is 19.4 Å². The number of methoxy groups -OCH3 is 1. The monoisotopic (exact) mass is 358 g/mol. The average Bonchev–Trinajstić information content (AvgIpc) is 2.46. The normalized spacial score (nSPS) is 11.8. The summed E-state index contributed by atoms with van der Waals surface area (Å²) >= 11 is 3.28. The first-order valence-electron chi connectivity index (χ1n) is 6.50. The lowest BCUT2D eigenvalue weighted by Gasteiger charge is -2.10. The summed E-state index contributed by atoms with van der Waals surface area (Å²) in [4.78, 5) is 23.3. The van der Waals surface area contributed by atoms with E-state index >= 15 is 0 Å². The van der Waals surface area contributed by atoms with Crippen molar-refractivity contribution in [3.8, 4) is 0 Å². The van der Waals surface area contributed by atoms with E-state index in [2.05, 4.69) is 26.6 Å². The van der Waals surface area contributed by atoms with Crippen LogP contribution < -0.4 is 10.6 Å². The van der Waals surface area contributed by atoms with Crippen LogP contribution in [0.15, 0.2) is 28.7 Å². The van der Waals surface area contributed by atoms with Gasteiger partial charge in [0.15, 0.2) is 0 Å². The summed E-state index contributed by atoms with van der Waals surface area (Å²) in [5.41, 5.74) is 0.488. The van der Waals surface area contributed by atoms with E-state index in [1.165, 1.54) is 7.11 Å². The van der Waals surface area contributed by atoms with Crippen LogP contribution in [0.4, 0.5) is 0 Å². The van der Waals surface area contributed by atoms with Crippen LogP contribution in [0.2, 0.25) is 0 Å². The number of benzene rings is 1. The minimum absolute atomic E-state index is 0.102. The minimum atomic E-state index is -0.604. The number of carbonyl (C=O) groups excluding carboxylic acids is 2. The standard InChI is InChI=1S/C14H19BrN2O4/c1-21-9-12(18)6-7-16-13(19)8-17-14(20)10-2-4-11(15)5-3-10/h2-5,12,18H,6-9H2,1H3,(H,16,19)(H,17,20). The highest BCUT2D eigenvalue weighted by Gasteiger charge is 2.08. The number of halogens is 1. The first kappa shape index (κ1) is 17.6. The molecular weight excluding hydrogens is 340 g/mol. The van der Waals surface area contributed by atoms with Crippen LogP contribution in [-0.4, -0.2) is 49.8 Å². The van der Waals surface area contributed by atoms with E-state index < -0.39 is 6.10 Å². The maximum Gasteiger partial charge on any atom is 0.251 e. The Bertz CT molecular complexity index is 465. The molecule has 0 radical (unpaired) electrons. The first-order chi connectivity index (χ1) is 10.0. The van der Waals surface area contributed by atoms with Crippen LogP contribution in [0.5, 0.6) is 0 Å². The predicted octanol–water partition coefficient (Wildman–Crippen LogP) is 0.692. The van der Waals surface area contributed by atoms with Crippen molar-refractivity contribution in [2.24, 2.45) is 0 Å². The molecule has 1 rings (SSSR count). The molecule has 0 saturated carbocycles. The number of hydrogen-bond acceptors (Lipinski definition) is 4. The summed E-state index contributed by atoms with van der Waals surface area (Å²) in [6.45, 7) is 0.461. The molecule has 2 amide bonds. The number of amides is 2. The number of nitrogens with one attached hydrogen (secondary N) is 2. The summed E-state index contributed by atoms with van der Waals surface area (Å²) in [7, 11) is 1.50. The maximum atomic E-state index is 11.8. The highest BCUT2D eigenvalue weighted by Crippen LogP contribution is 2.10. The van der Waals surface area contributed by atoms with Gasteiger partial charge in [0.2, 0.25) is 5.91 Å². The molecule has 6 nitrogen and oxygen atoms in total. The van der Waals surface area contributed by atoms with Gasteiger partial charge >= 0.3 is 0 Å². The number of rotatable bonds is 8. The van der Waals surface area contributed by atoms with Crippen LogP contribution >= 0.6 is 15.9 Å². The lowest BCUT2D eigenvalue weighted by atomic mass is 10.2. The van der Waals surface area contributed by atoms with E-state index in [-0.39, 0.29) is 25.0 Å². The largest absolute Gasteiger partial charge is 0.391 e. The fraction of sp³-hybridized carbons (Fsp3) is 0.429. The van der Waals surface area contributed by atoms with Gasteiger partial charge in [-0.15, -0.1) is 0 Å². The highest BCUT2D eigenvalue weighted by molar-refractivity contribution is 9.10. The van der Waals surface area contributed by atoms with Crippen LogP contribution in [-0.2, 0) is 9.53 Å². The Hall–Kier alpha value is -1.44. The van der Waals surface area contributed by atoms with Crippen LogP contribution in [0.25, 0.3) is 0 Å². The van der Waals surface area contributed by atoms with E-state index in [1.807, 2.05) is 0 Å². The summed E-state index contributed by atoms with van der Waals surface area (Å²) in [6.07, 6.45) is -0.201. The second-order valence-electron chi connectivity index (χ2n) is 4.44. The number of aliphatic hydroxyl groups excluding tert-OH is 1. The highest BCUT2D eigenvalue weighted by atomic mass is 79.9. The van der Waals surface area contributed by atoms with Gasteiger partial charge in [0.25, 0.3) is 5.91 Å². The van der Waals surface area contributed by atoms with Gasteiger partial charge < -0.3 is 20.5 Å². The molecule has 1 aromatic rings. The molecule has 0 spiro atoms. The topological polar surface area (TPSA) is 87.7 Å². The van der Waals surface area contributed by atoms with E-state index in [4.69, 9.17) is 4.74 Å². The molecule has 1 aromatic carbocycles. The van der Waals surface area contributed by atoms with Gasteiger partial charge in [-0.25, -0.2) is 0 Å². The second kappa shape index (κ2) is 9.49. The number of ether oxygens (including phenoxy) is 1. The van der Waals surface area contributed by atoms with Gasteiger partial charge in [0.1, 0.15) is 0 Å². The SMILES string of the molecule is COCC(O)CCNC(=O)CNC(=O)c1ccc(Br)cc1. The molecule has 116 valence electrons. The third-order valence-electron chi connectivity index (χ3n) is 2.67. The van der Waals surface area contributed by atoms with E-state index in [1.54, 1.807) is 24.3 Å². The van der Waals surface area contributed by atoms with Gasteiger partial charge in [0.05, 0.1) is 19.3 Å². The molecule has 1 unspecified atom stereocenters. The predicted molar refractivity (Wildman–Crippen MR) is 82.0 cm³/mol. The van der Waals surface area contributed by atoms with Crippen molar-refractivity contribution in [2.75, 3.05) is 26.8 Å². The Morgan fingerprint density at radius 1 is 1.29 bits per heavy atom. The fourth-order valence-corrected chi connectivity index (χ4v) is 1.84. The molecule has 1 atom stereocenters. The van der Waals surface area contributed by atoms with Gasteiger partial charge in [-0.05, 0) is 30.7 Å². The number of aliphatic hydroxyl groups is 1. The van der Waals surface area contributed by atoms with E-state index in [0.717, 1.165) is 4.47 Å². The Morgan fingerprint density at radius 3 is 2.57 bits per heavy atom. The first-order valence-corrected chi connectivity index (χ1v) is 7.29. The molecule has 0 heterocycles. The lowest BCUT2D eigenvalue weighted by Crippen LogP contribution is -2.38. The molecule has 0 fully saturated rings. The molecule has 0 bridgehead atoms. The zero-order chi connectivity index (χ0) is 15.7. The number of carbonyl (C=O) groups is 2. The van der Waals surface area contributed by atoms with Gasteiger partial charge in [-0.1, -0.05) is 15.9 Å². The average molecular weight is 359 g/mol. The molecule has 0 aliphatic rings. The van der Waals surface area contributed by atoms with Gasteiger partial charge in [-0.3, -0.25) is 9.59 Å². The zero-order valence-corrected chi connectivity index (χ0v) is 13.4. The van der Waals surface area contributed by atoms with E-state index in [0.29, 0.717) is 18.5 Å². The van der Waals surface area contributed by atoms with Gasteiger partial charge in [0, 0.05) is 23.7 Å². The van der Waals surface area contributed by atoms with Crippen molar-refractivity contribution in [1.29, 1.82) is 0 Å². The minimum Gasteiger partial charge on any atom is -0.391 e. The van der Waals surface area contributed by atoms with Crippen molar-refractivity contribution >= 4 is 27.7 Å². The third-order valence-corrected chi connectivity index (χ3v) is 3.20. The summed E-state index contributed by atoms with van der Waals surface area (Å²) in [5.74, 6) is -0.609. The molecule has 0 saturated heterocycles. The van der Waals surface area contributed by atoms with E-state index in [9.17, 15) is 14.7 Å². The van der Waals surface area contributed by atoms with Crippen LogP contribution in [0.1, 0.15) is 16.8 Å². The lowest BCUT2D eigenvalue weighted by molar-refractivity contribution is -0.120. The Labute approximate surface area is 132 Å². The molecule has 0 aliphatic heterocycles. The quantitative estimate of drug-likeness (QED) is 0.638. The summed E-state index contributed by atoms with van der Waals surface area (Å²) < 4.78 is 5.66. The molecule has 0 aromatic heterocycles. The zero-order valence-electron chi connectivity index (χ0n) is 11.8. The van der Waals surface area contributed by atoms with Crippen molar-refractivity contribution in [3.05, 3.63) is 34.3 Å². The molecular formula is C14H19BrN2O4. The third kappa shape index (κ3) is 7.22. The fourth-order valence-electron chi connectivity index (χ4n) is 1.58. The molecule has 21 heavy (non-hydrogen) atoms. The number of hydrogen-bond donors (Lipinski definition) is 3. The molecule has 7 heteroatoms. The Morgan fingerprint density at radius 2 is 1.95 bits per heavy atom. The molecule has 3 N–H and O–H groups in total. The van der Waals surface area contributed by atoms with Crippen molar-refractivity contribution in [2.45, 2.75) is 12.5 Å². The maximum absolute atomic E-state index is 11.8. The summed E-state index contributed by atoms with van der Waals surface area (Å²) in [5, 5.41) is 14.5. The van der Waals surface area contributed by atoms with Crippen LogP contribution in [0, 0.1) is 0 Å². The second-order valence-corrected chi connectivity index (χ2v) is 5.35. The smallest absolute Gasteiger partial charge is 0.251 e. The Kier molecular flexibility index (Phi) is 7.96. The molecule has 0 aliphatic carbocycles. The Balaban J connectivity index is 2.23. The van der Waals surface area contributed by atoms with Gasteiger partial charge in [-0.2, -0.15) is 0 Å². The van der Waals surface area contributed by atoms with Crippen molar-refractivity contribution in [1.82, 2.24) is 10.6 Å². The summed E-state index contributed by atoms with van der Waals surface area (Å²) in [6, 6.07) is 6.84.